The standard InChI is InChI=1S/C24H23ClN6/c1-2-29-21-7-16(25)6-19-18(21)8-22-23(19)24(31-4-3-17(27)13-31)20(12-30-22)15-5-14(9-26)10-28-11-15/h5-7,10-12,17,29H,2-4,8,13,27H2,1H3/t17-/m1/s1. The number of fused-ring (bicyclic) bond motifs is 3. The zero-order valence-electron chi connectivity index (χ0n) is 17.3. The quantitative estimate of drug-likeness (QED) is 0.504. The Labute approximate surface area is 186 Å². The number of nitrogens with one attached hydrogen (secondary N) is 1. The first kappa shape index (κ1) is 19.8. The fraction of sp³-hybridized carbons (Fsp3) is 0.292. The maximum atomic E-state index is 9.37. The lowest BCUT2D eigenvalue weighted by Crippen LogP contribution is -2.27. The molecule has 1 saturated heterocycles. The molecule has 7 heteroatoms. The summed E-state index contributed by atoms with van der Waals surface area (Å²) >= 11 is 6.52. The number of hydrogen-bond donors (Lipinski definition) is 2. The van der Waals surface area contributed by atoms with E-state index in [4.69, 9.17) is 22.3 Å². The molecule has 3 aromatic rings. The molecule has 3 N–H and O–H groups in total. The van der Waals surface area contributed by atoms with Gasteiger partial charge in [-0.1, -0.05) is 11.6 Å². The summed E-state index contributed by atoms with van der Waals surface area (Å²) in [6.45, 7) is 4.57. The first-order valence-corrected chi connectivity index (χ1v) is 10.9. The Hall–Kier alpha value is -3.14. The van der Waals surface area contributed by atoms with E-state index in [0.717, 1.165) is 71.8 Å². The number of benzene rings is 1. The van der Waals surface area contributed by atoms with Crippen molar-refractivity contribution in [1.82, 2.24) is 9.97 Å². The van der Waals surface area contributed by atoms with E-state index >= 15 is 0 Å². The molecular weight excluding hydrogens is 408 g/mol. The van der Waals surface area contributed by atoms with Gasteiger partial charge < -0.3 is 16.0 Å². The minimum Gasteiger partial charge on any atom is -0.385 e. The van der Waals surface area contributed by atoms with E-state index < -0.39 is 0 Å². The van der Waals surface area contributed by atoms with Gasteiger partial charge >= 0.3 is 0 Å². The van der Waals surface area contributed by atoms with Crippen LogP contribution in [0, 0.1) is 11.3 Å². The van der Waals surface area contributed by atoms with Crippen LogP contribution in [0.5, 0.6) is 0 Å². The monoisotopic (exact) mass is 430 g/mol. The van der Waals surface area contributed by atoms with Crippen LogP contribution in [0.25, 0.3) is 22.3 Å². The average molecular weight is 431 g/mol. The van der Waals surface area contributed by atoms with Gasteiger partial charge in [-0.15, -0.1) is 0 Å². The fourth-order valence-electron chi connectivity index (χ4n) is 4.70. The highest BCUT2D eigenvalue weighted by molar-refractivity contribution is 6.31. The van der Waals surface area contributed by atoms with Crippen molar-refractivity contribution < 1.29 is 0 Å². The first-order chi connectivity index (χ1) is 15.1. The topological polar surface area (TPSA) is 90.9 Å². The molecular formula is C24H23ClN6. The second-order valence-electron chi connectivity index (χ2n) is 8.10. The third-order valence-electron chi connectivity index (χ3n) is 6.04. The second kappa shape index (κ2) is 7.84. The fourth-order valence-corrected chi connectivity index (χ4v) is 4.92. The van der Waals surface area contributed by atoms with Crippen molar-refractivity contribution in [2.45, 2.75) is 25.8 Å². The SMILES string of the molecule is CCNc1cc(Cl)cc2c1Cc1ncc(-c3cncc(C#N)c3)c(N3CC[C@@H](N)C3)c1-2. The van der Waals surface area contributed by atoms with Crippen molar-refractivity contribution in [2.24, 2.45) is 5.73 Å². The van der Waals surface area contributed by atoms with Crippen LogP contribution in [0.3, 0.4) is 0 Å². The van der Waals surface area contributed by atoms with Crippen LogP contribution in [-0.4, -0.2) is 35.6 Å². The number of anilines is 2. The maximum Gasteiger partial charge on any atom is 0.101 e. The number of rotatable bonds is 4. The van der Waals surface area contributed by atoms with Gasteiger partial charge in [-0.2, -0.15) is 5.26 Å². The highest BCUT2D eigenvalue weighted by atomic mass is 35.5. The van der Waals surface area contributed by atoms with Crippen LogP contribution >= 0.6 is 11.6 Å². The summed E-state index contributed by atoms with van der Waals surface area (Å²) in [5.41, 5.74) is 15.3. The first-order valence-electron chi connectivity index (χ1n) is 10.5. The molecule has 2 aliphatic rings. The van der Waals surface area contributed by atoms with Crippen molar-refractivity contribution in [3.8, 4) is 28.3 Å². The van der Waals surface area contributed by atoms with Gasteiger partial charge in [0.1, 0.15) is 6.07 Å². The van der Waals surface area contributed by atoms with Gasteiger partial charge in [-0.25, -0.2) is 0 Å². The van der Waals surface area contributed by atoms with Crippen LogP contribution in [-0.2, 0) is 6.42 Å². The lowest BCUT2D eigenvalue weighted by molar-refractivity contribution is 0.752. The molecule has 1 fully saturated rings. The summed E-state index contributed by atoms with van der Waals surface area (Å²) in [5.74, 6) is 0. The Morgan fingerprint density at radius 1 is 1.26 bits per heavy atom. The number of aromatic nitrogens is 2. The number of pyridine rings is 2. The summed E-state index contributed by atoms with van der Waals surface area (Å²) in [5, 5.41) is 13.5. The molecule has 0 radical (unpaired) electrons. The summed E-state index contributed by atoms with van der Waals surface area (Å²) in [6.07, 6.45) is 6.98. The lowest BCUT2D eigenvalue weighted by atomic mass is 9.97. The number of nitriles is 1. The number of halogens is 1. The van der Waals surface area contributed by atoms with Crippen LogP contribution < -0.4 is 16.0 Å². The van der Waals surface area contributed by atoms with E-state index in [2.05, 4.69) is 28.2 Å². The van der Waals surface area contributed by atoms with E-state index in [1.54, 1.807) is 12.4 Å². The van der Waals surface area contributed by atoms with Crippen LogP contribution in [0.4, 0.5) is 11.4 Å². The molecule has 5 rings (SSSR count). The van der Waals surface area contributed by atoms with E-state index in [9.17, 15) is 5.26 Å². The minimum absolute atomic E-state index is 0.137. The molecule has 0 amide bonds. The maximum absolute atomic E-state index is 9.37. The summed E-state index contributed by atoms with van der Waals surface area (Å²) in [7, 11) is 0. The Morgan fingerprint density at radius 3 is 2.87 bits per heavy atom. The molecule has 1 atom stereocenters. The Balaban J connectivity index is 1.77. The average Bonchev–Trinajstić information content (AvgIpc) is 3.37. The molecule has 1 aromatic carbocycles. The van der Waals surface area contributed by atoms with E-state index in [0.29, 0.717) is 10.6 Å². The van der Waals surface area contributed by atoms with Gasteiger partial charge in [-0.05, 0) is 42.7 Å². The summed E-state index contributed by atoms with van der Waals surface area (Å²) in [4.78, 5) is 11.5. The third-order valence-corrected chi connectivity index (χ3v) is 6.26. The number of nitrogens with two attached hydrogens (primary N) is 1. The normalized spacial score (nSPS) is 16.7. The molecule has 2 aromatic heterocycles. The van der Waals surface area contributed by atoms with Crippen LogP contribution in [0.2, 0.25) is 5.02 Å². The highest BCUT2D eigenvalue weighted by Gasteiger charge is 2.32. The summed E-state index contributed by atoms with van der Waals surface area (Å²) in [6, 6.07) is 8.22. The molecule has 0 bridgehead atoms. The van der Waals surface area contributed by atoms with E-state index in [-0.39, 0.29) is 6.04 Å². The third kappa shape index (κ3) is 3.40. The molecule has 0 saturated carbocycles. The predicted octanol–water partition coefficient (Wildman–Crippen LogP) is 4.21. The van der Waals surface area contributed by atoms with Crippen molar-refractivity contribution in [3.05, 3.63) is 58.6 Å². The zero-order valence-corrected chi connectivity index (χ0v) is 18.1. The summed E-state index contributed by atoms with van der Waals surface area (Å²) < 4.78 is 0. The Morgan fingerprint density at radius 2 is 2.13 bits per heavy atom. The van der Waals surface area contributed by atoms with Gasteiger partial charge in [0, 0.05) is 78.1 Å². The van der Waals surface area contributed by atoms with Crippen LogP contribution in [0.1, 0.15) is 30.2 Å². The molecule has 0 spiro atoms. The minimum atomic E-state index is 0.137. The van der Waals surface area contributed by atoms with Gasteiger partial charge in [0.15, 0.2) is 0 Å². The van der Waals surface area contributed by atoms with E-state index in [1.165, 1.54) is 5.56 Å². The van der Waals surface area contributed by atoms with Crippen molar-refractivity contribution in [2.75, 3.05) is 29.9 Å². The zero-order chi connectivity index (χ0) is 21.5. The van der Waals surface area contributed by atoms with Crippen molar-refractivity contribution in [1.29, 1.82) is 5.26 Å². The Bertz CT molecular complexity index is 1220. The largest absolute Gasteiger partial charge is 0.385 e. The Kier molecular flexibility index (Phi) is 5.01. The van der Waals surface area contributed by atoms with Gasteiger partial charge in [0.25, 0.3) is 0 Å². The molecule has 156 valence electrons. The van der Waals surface area contributed by atoms with Crippen molar-refractivity contribution in [3.63, 3.8) is 0 Å². The molecule has 1 aliphatic heterocycles. The molecule has 3 heterocycles. The predicted molar refractivity (Wildman–Crippen MR) is 124 cm³/mol. The van der Waals surface area contributed by atoms with Gasteiger partial charge in [0.2, 0.25) is 0 Å². The molecule has 31 heavy (non-hydrogen) atoms. The highest BCUT2D eigenvalue weighted by Crippen LogP contribution is 2.49. The number of hydrogen-bond acceptors (Lipinski definition) is 6. The van der Waals surface area contributed by atoms with Crippen LogP contribution in [0.15, 0.2) is 36.8 Å². The lowest BCUT2D eigenvalue weighted by Gasteiger charge is -2.25. The van der Waals surface area contributed by atoms with Gasteiger partial charge in [0.05, 0.1) is 16.9 Å². The molecule has 6 nitrogen and oxygen atoms in total. The molecule has 1 aliphatic carbocycles. The second-order valence-corrected chi connectivity index (χ2v) is 8.53. The smallest absolute Gasteiger partial charge is 0.101 e. The van der Waals surface area contributed by atoms with E-state index in [1.807, 2.05) is 24.4 Å². The van der Waals surface area contributed by atoms with Gasteiger partial charge in [-0.3, -0.25) is 9.97 Å². The molecule has 0 unspecified atom stereocenters. The van der Waals surface area contributed by atoms with Crippen molar-refractivity contribution >= 4 is 23.0 Å². The number of nitrogens with zero attached hydrogens (tertiary/aromatic N) is 4.